The molecule has 0 atom stereocenters. The molecule has 18 heavy (non-hydrogen) atoms. The summed E-state index contributed by atoms with van der Waals surface area (Å²) < 4.78 is 0. The summed E-state index contributed by atoms with van der Waals surface area (Å²) in [6.45, 7) is 2.89. The molecule has 0 aliphatic carbocycles. The number of aliphatic carboxylic acids is 1. The molecule has 0 spiro atoms. The van der Waals surface area contributed by atoms with Crippen LogP contribution in [0, 0.1) is 0 Å². The normalized spacial score (nSPS) is 10.5. The summed E-state index contributed by atoms with van der Waals surface area (Å²) in [6.07, 6.45) is 1.01. The molecule has 96 valence electrons. The molecular formula is C12H14N2O2S2. The SMILES string of the molecule is CCc1ccsc1CNc1nc(CC(=O)O)cs1. The molecule has 2 N–H and O–H groups in total. The lowest BCUT2D eigenvalue weighted by atomic mass is 10.2. The van der Waals surface area contributed by atoms with Gasteiger partial charge in [0.2, 0.25) is 0 Å². The smallest absolute Gasteiger partial charge is 0.309 e. The standard InChI is InChI=1S/C12H14N2O2S2/c1-2-8-3-4-17-10(8)6-13-12-14-9(7-18-12)5-11(15)16/h3-4,7H,2,5-6H2,1H3,(H,13,14)(H,15,16). The maximum Gasteiger partial charge on any atom is 0.309 e. The number of thiophene rings is 1. The second-order valence-corrected chi connectivity index (χ2v) is 5.65. The second kappa shape index (κ2) is 5.97. The third kappa shape index (κ3) is 3.30. The minimum atomic E-state index is -0.849. The number of carboxylic acids is 1. The van der Waals surface area contributed by atoms with E-state index < -0.39 is 5.97 Å². The van der Waals surface area contributed by atoms with E-state index in [-0.39, 0.29) is 6.42 Å². The molecule has 2 heterocycles. The molecule has 2 aromatic rings. The van der Waals surface area contributed by atoms with Crippen molar-refractivity contribution in [3.05, 3.63) is 33.0 Å². The van der Waals surface area contributed by atoms with Gasteiger partial charge in [-0.15, -0.1) is 22.7 Å². The van der Waals surface area contributed by atoms with Crippen molar-refractivity contribution < 1.29 is 9.90 Å². The minimum absolute atomic E-state index is 0.0165. The van der Waals surface area contributed by atoms with Crippen LogP contribution in [0.4, 0.5) is 5.13 Å². The van der Waals surface area contributed by atoms with Crippen molar-refractivity contribution in [2.24, 2.45) is 0 Å². The van der Waals surface area contributed by atoms with Crippen LogP contribution in [-0.4, -0.2) is 16.1 Å². The summed E-state index contributed by atoms with van der Waals surface area (Å²) in [5.74, 6) is -0.849. The summed E-state index contributed by atoms with van der Waals surface area (Å²) in [4.78, 5) is 16.1. The monoisotopic (exact) mass is 282 g/mol. The van der Waals surface area contributed by atoms with Gasteiger partial charge in [0.15, 0.2) is 5.13 Å². The van der Waals surface area contributed by atoms with Gasteiger partial charge >= 0.3 is 5.97 Å². The highest BCUT2D eigenvalue weighted by Crippen LogP contribution is 2.21. The number of thiazole rings is 1. The summed E-state index contributed by atoms with van der Waals surface area (Å²) in [7, 11) is 0. The lowest BCUT2D eigenvalue weighted by molar-refractivity contribution is -0.136. The highest BCUT2D eigenvalue weighted by Gasteiger charge is 2.07. The number of aryl methyl sites for hydroxylation is 1. The Bertz CT molecular complexity index is 534. The van der Waals surface area contributed by atoms with Gasteiger partial charge in [-0.3, -0.25) is 4.79 Å². The van der Waals surface area contributed by atoms with Crippen LogP contribution < -0.4 is 5.32 Å². The first-order valence-electron chi connectivity index (χ1n) is 5.64. The van der Waals surface area contributed by atoms with Crippen molar-refractivity contribution in [2.45, 2.75) is 26.3 Å². The molecule has 0 aromatic carbocycles. The molecule has 4 nitrogen and oxygen atoms in total. The lowest BCUT2D eigenvalue weighted by Crippen LogP contribution is -2.02. The molecule has 0 bridgehead atoms. The Kier molecular flexibility index (Phi) is 4.33. The zero-order valence-corrected chi connectivity index (χ0v) is 11.6. The van der Waals surface area contributed by atoms with Crippen LogP contribution in [0.25, 0.3) is 0 Å². The molecule has 0 unspecified atom stereocenters. The minimum Gasteiger partial charge on any atom is -0.481 e. The molecule has 6 heteroatoms. The van der Waals surface area contributed by atoms with Crippen molar-refractivity contribution >= 4 is 33.8 Å². The van der Waals surface area contributed by atoms with E-state index in [0.29, 0.717) is 5.69 Å². The molecule has 0 amide bonds. The van der Waals surface area contributed by atoms with E-state index in [0.717, 1.165) is 18.1 Å². The van der Waals surface area contributed by atoms with Crippen molar-refractivity contribution in [2.75, 3.05) is 5.32 Å². The Labute approximate surface area is 113 Å². The molecule has 0 saturated carbocycles. The van der Waals surface area contributed by atoms with E-state index in [9.17, 15) is 4.79 Å². The molecule has 0 radical (unpaired) electrons. The van der Waals surface area contributed by atoms with Crippen molar-refractivity contribution in [3.8, 4) is 0 Å². The van der Waals surface area contributed by atoms with E-state index >= 15 is 0 Å². The highest BCUT2D eigenvalue weighted by molar-refractivity contribution is 7.13. The van der Waals surface area contributed by atoms with Gasteiger partial charge < -0.3 is 10.4 Å². The van der Waals surface area contributed by atoms with E-state index in [4.69, 9.17) is 5.11 Å². The number of hydrogen-bond donors (Lipinski definition) is 2. The summed E-state index contributed by atoms with van der Waals surface area (Å²) in [5, 5.41) is 16.6. The summed E-state index contributed by atoms with van der Waals surface area (Å²) in [5.41, 5.74) is 1.96. The predicted octanol–water partition coefficient (Wildman–Crippen LogP) is 3.01. The first-order valence-corrected chi connectivity index (χ1v) is 7.40. The van der Waals surface area contributed by atoms with Gasteiger partial charge in [0.05, 0.1) is 18.7 Å². The van der Waals surface area contributed by atoms with Crippen molar-refractivity contribution in [1.82, 2.24) is 4.98 Å². The van der Waals surface area contributed by atoms with Crippen LogP contribution in [0.2, 0.25) is 0 Å². The Morgan fingerprint density at radius 1 is 1.50 bits per heavy atom. The fourth-order valence-electron chi connectivity index (χ4n) is 1.62. The highest BCUT2D eigenvalue weighted by atomic mass is 32.1. The van der Waals surface area contributed by atoms with Gasteiger partial charge in [-0.2, -0.15) is 0 Å². The van der Waals surface area contributed by atoms with Gasteiger partial charge in [0.1, 0.15) is 0 Å². The summed E-state index contributed by atoms with van der Waals surface area (Å²) >= 11 is 3.18. The Hall–Kier alpha value is -1.40. The number of nitrogens with zero attached hydrogens (tertiary/aromatic N) is 1. The fourth-order valence-corrected chi connectivity index (χ4v) is 3.24. The van der Waals surface area contributed by atoms with Gasteiger partial charge in [-0.1, -0.05) is 6.92 Å². The van der Waals surface area contributed by atoms with Gasteiger partial charge in [0, 0.05) is 10.3 Å². The molecule has 0 aliphatic heterocycles. The van der Waals surface area contributed by atoms with Crippen LogP contribution in [0.5, 0.6) is 0 Å². The first-order chi connectivity index (χ1) is 8.69. The number of carboxylic acid groups (broad SMARTS) is 1. The van der Waals surface area contributed by atoms with E-state index in [1.807, 2.05) is 0 Å². The number of carbonyl (C=O) groups is 1. The maximum atomic E-state index is 10.6. The molecule has 0 fully saturated rings. The third-order valence-corrected chi connectivity index (χ3v) is 4.31. The van der Waals surface area contributed by atoms with Crippen LogP contribution in [0.15, 0.2) is 16.8 Å². The topological polar surface area (TPSA) is 62.2 Å². The molecule has 0 saturated heterocycles. The van der Waals surface area contributed by atoms with Gasteiger partial charge in [0.25, 0.3) is 0 Å². The van der Waals surface area contributed by atoms with E-state index in [1.165, 1.54) is 21.8 Å². The van der Waals surface area contributed by atoms with Crippen LogP contribution in [0.3, 0.4) is 0 Å². The quantitative estimate of drug-likeness (QED) is 0.855. The third-order valence-electron chi connectivity index (χ3n) is 2.50. The number of nitrogens with one attached hydrogen (secondary N) is 1. The molecule has 2 rings (SSSR count). The average molecular weight is 282 g/mol. The Morgan fingerprint density at radius 2 is 2.33 bits per heavy atom. The van der Waals surface area contributed by atoms with E-state index in [1.54, 1.807) is 16.7 Å². The molecular weight excluding hydrogens is 268 g/mol. The predicted molar refractivity (Wildman–Crippen MR) is 74.5 cm³/mol. The first kappa shape index (κ1) is 13.0. The summed E-state index contributed by atoms with van der Waals surface area (Å²) in [6, 6.07) is 2.14. The second-order valence-electron chi connectivity index (χ2n) is 3.79. The molecule has 0 aliphatic rings. The van der Waals surface area contributed by atoms with Gasteiger partial charge in [-0.25, -0.2) is 4.98 Å². The Morgan fingerprint density at radius 3 is 3.06 bits per heavy atom. The van der Waals surface area contributed by atoms with Crippen molar-refractivity contribution in [1.29, 1.82) is 0 Å². The largest absolute Gasteiger partial charge is 0.481 e. The van der Waals surface area contributed by atoms with Crippen LogP contribution in [-0.2, 0) is 24.2 Å². The zero-order valence-electron chi connectivity index (χ0n) is 9.97. The maximum absolute atomic E-state index is 10.6. The Balaban J connectivity index is 1.94. The van der Waals surface area contributed by atoms with Gasteiger partial charge in [-0.05, 0) is 23.4 Å². The lowest BCUT2D eigenvalue weighted by Gasteiger charge is -2.02. The molecule has 2 aromatic heterocycles. The number of anilines is 1. The number of aromatic nitrogens is 1. The van der Waals surface area contributed by atoms with Crippen LogP contribution >= 0.6 is 22.7 Å². The van der Waals surface area contributed by atoms with E-state index in [2.05, 4.69) is 28.7 Å². The number of rotatable bonds is 6. The van der Waals surface area contributed by atoms with Crippen molar-refractivity contribution in [3.63, 3.8) is 0 Å². The zero-order chi connectivity index (χ0) is 13.0. The average Bonchev–Trinajstić information content (AvgIpc) is 2.93. The number of hydrogen-bond acceptors (Lipinski definition) is 5. The van der Waals surface area contributed by atoms with Crippen LogP contribution in [0.1, 0.15) is 23.1 Å². The fraction of sp³-hybridized carbons (Fsp3) is 0.333.